The van der Waals surface area contributed by atoms with Crippen LogP contribution in [0.15, 0.2) is 91.0 Å². The molecule has 3 N–H and O–H groups in total. The highest BCUT2D eigenvalue weighted by atomic mass is 79.9. The number of alkyl halides is 1. The van der Waals surface area contributed by atoms with Gasteiger partial charge in [-0.05, 0) is 23.1 Å². The lowest BCUT2D eigenvalue weighted by atomic mass is 9.89. The smallest absolute Gasteiger partial charge is 0.418 e. The number of amides is 3. The summed E-state index contributed by atoms with van der Waals surface area (Å²) in [5.41, 5.74) is -1.66. The first-order chi connectivity index (χ1) is 22.6. The van der Waals surface area contributed by atoms with Crippen LogP contribution in [-0.4, -0.2) is 74.4 Å². The summed E-state index contributed by atoms with van der Waals surface area (Å²) in [5, 5.41) is 22.6. The van der Waals surface area contributed by atoms with Gasteiger partial charge >= 0.3 is 24.1 Å². The molecule has 3 aromatic carbocycles. The maximum atomic E-state index is 14.0. The van der Waals surface area contributed by atoms with Gasteiger partial charge in [-0.25, -0.2) is 24.1 Å². The number of carbonyl (C=O) groups excluding carboxylic acids is 5. The fourth-order valence-electron chi connectivity index (χ4n) is 4.29. The van der Waals surface area contributed by atoms with Crippen LogP contribution < -0.4 is 5.32 Å². The van der Waals surface area contributed by atoms with Gasteiger partial charge in [0.2, 0.25) is 5.54 Å². The normalized spacial score (nSPS) is 12.5. The number of halogens is 1. The van der Waals surface area contributed by atoms with E-state index in [9.17, 15) is 39.0 Å². The van der Waals surface area contributed by atoms with Crippen LogP contribution in [0.3, 0.4) is 0 Å². The largest absolute Gasteiger partial charge is 0.479 e. The summed E-state index contributed by atoms with van der Waals surface area (Å²) in [7, 11) is 0. The molecule has 3 amide bonds. The average molecular weight is 714 g/mol. The molecule has 0 fully saturated rings. The molecule has 3 rings (SSSR count). The van der Waals surface area contributed by atoms with Gasteiger partial charge in [-0.15, -0.1) is 0 Å². The number of ketones is 1. The Morgan fingerprint density at radius 2 is 1.21 bits per heavy atom. The van der Waals surface area contributed by atoms with Crippen LogP contribution >= 0.6 is 15.9 Å². The molecule has 0 saturated heterocycles. The minimum atomic E-state index is -3.17. The summed E-state index contributed by atoms with van der Waals surface area (Å²) < 4.78 is 15.7. The number of aliphatic carboxylic acids is 1. The molecule has 0 aliphatic carbocycles. The van der Waals surface area contributed by atoms with Gasteiger partial charge in [0.1, 0.15) is 31.6 Å². The van der Waals surface area contributed by atoms with E-state index in [1.165, 1.54) is 0 Å². The van der Waals surface area contributed by atoms with Crippen molar-refractivity contribution in [3.8, 4) is 0 Å². The summed E-state index contributed by atoms with van der Waals surface area (Å²) in [5.74, 6) is -5.68. The predicted molar refractivity (Wildman–Crippen MR) is 169 cm³/mol. The molecule has 0 spiro atoms. The van der Waals surface area contributed by atoms with E-state index in [-0.39, 0.29) is 16.8 Å². The molecule has 0 radical (unpaired) electrons. The summed E-state index contributed by atoms with van der Waals surface area (Å²) in [6.07, 6.45) is -4.31. The van der Waals surface area contributed by atoms with E-state index >= 15 is 0 Å². The topological polar surface area (TPSA) is 186 Å². The number of nitrogens with zero attached hydrogens (tertiary/aromatic N) is 1. The highest BCUT2D eigenvalue weighted by Crippen LogP contribution is 2.29. The number of carboxylic acids is 1. The lowest BCUT2D eigenvalue weighted by molar-refractivity contribution is -0.177. The van der Waals surface area contributed by atoms with Crippen molar-refractivity contribution in [2.45, 2.75) is 44.2 Å². The SMILES string of the molecule is O=C(CBr)CC[C@](C(=O)O)(C(=O)OCc1ccccc1)N(C(=O)OCc1ccccc1)C(=O)[C@H](CO)NC(=O)OCc1ccccc1. The molecule has 3 aromatic rings. The van der Waals surface area contributed by atoms with E-state index in [1.807, 2.05) is 0 Å². The van der Waals surface area contributed by atoms with Crippen LogP contribution in [0.5, 0.6) is 0 Å². The van der Waals surface area contributed by atoms with E-state index in [0.717, 1.165) is 0 Å². The van der Waals surface area contributed by atoms with E-state index < -0.39 is 80.1 Å². The summed E-state index contributed by atoms with van der Waals surface area (Å²) >= 11 is 2.98. The summed E-state index contributed by atoms with van der Waals surface area (Å²) in [6, 6.07) is 22.9. The Balaban J connectivity index is 2.01. The summed E-state index contributed by atoms with van der Waals surface area (Å²) in [4.78, 5) is 79.6. The van der Waals surface area contributed by atoms with Gasteiger partial charge < -0.3 is 29.7 Å². The lowest BCUT2D eigenvalue weighted by Gasteiger charge is -2.37. The van der Waals surface area contributed by atoms with Crippen LogP contribution in [0.25, 0.3) is 0 Å². The zero-order valence-electron chi connectivity index (χ0n) is 25.1. The fourth-order valence-corrected chi connectivity index (χ4v) is 4.57. The molecule has 0 saturated carbocycles. The fraction of sp³-hybridized carbons (Fsp3) is 0.273. The van der Waals surface area contributed by atoms with E-state index in [0.29, 0.717) is 16.7 Å². The van der Waals surface area contributed by atoms with Gasteiger partial charge in [0.05, 0.1) is 11.9 Å². The Morgan fingerprint density at radius 3 is 1.66 bits per heavy atom. The van der Waals surface area contributed by atoms with Crippen molar-refractivity contribution in [3.63, 3.8) is 0 Å². The highest BCUT2D eigenvalue weighted by Gasteiger charge is 2.59. The number of imide groups is 1. The van der Waals surface area contributed by atoms with Gasteiger partial charge in [0, 0.05) is 6.42 Å². The van der Waals surface area contributed by atoms with E-state index in [2.05, 4.69) is 21.2 Å². The average Bonchev–Trinajstić information content (AvgIpc) is 3.10. The molecule has 2 atom stereocenters. The molecule has 0 aliphatic rings. The number of hydrogen-bond acceptors (Lipinski definition) is 10. The van der Waals surface area contributed by atoms with Crippen LogP contribution in [0.4, 0.5) is 9.59 Å². The van der Waals surface area contributed by atoms with Crippen molar-refractivity contribution in [3.05, 3.63) is 108 Å². The third-order valence-corrected chi connectivity index (χ3v) is 7.42. The predicted octanol–water partition coefficient (Wildman–Crippen LogP) is 3.75. The Labute approximate surface area is 278 Å². The first-order valence-corrected chi connectivity index (χ1v) is 15.4. The quantitative estimate of drug-likeness (QED) is 0.0850. The van der Waals surface area contributed by atoms with Gasteiger partial charge in [0.25, 0.3) is 5.91 Å². The third kappa shape index (κ3) is 10.2. The van der Waals surface area contributed by atoms with Crippen molar-refractivity contribution in [2.24, 2.45) is 0 Å². The second-order valence-electron chi connectivity index (χ2n) is 10.1. The van der Waals surface area contributed by atoms with Crippen LogP contribution in [-0.2, 0) is 53.2 Å². The van der Waals surface area contributed by atoms with E-state index in [1.54, 1.807) is 91.0 Å². The number of aliphatic hydroxyl groups excluding tert-OH is 1. The number of esters is 1. The number of aliphatic hydroxyl groups is 1. The van der Waals surface area contributed by atoms with Crippen LogP contribution in [0.2, 0.25) is 0 Å². The molecule has 13 nitrogen and oxygen atoms in total. The van der Waals surface area contributed by atoms with E-state index in [4.69, 9.17) is 14.2 Å². The number of Topliss-reactive ketones (excluding diaryl/α,β-unsaturated/α-hetero) is 1. The zero-order valence-corrected chi connectivity index (χ0v) is 26.7. The molecular weight excluding hydrogens is 680 g/mol. The monoisotopic (exact) mass is 712 g/mol. The first kappa shape index (κ1) is 36.4. The maximum Gasteiger partial charge on any atom is 0.418 e. The van der Waals surface area contributed by atoms with Crippen LogP contribution in [0.1, 0.15) is 29.5 Å². The number of carbonyl (C=O) groups is 6. The van der Waals surface area contributed by atoms with Gasteiger partial charge in [-0.2, -0.15) is 0 Å². The second kappa shape index (κ2) is 18.2. The molecule has 0 aliphatic heterocycles. The van der Waals surface area contributed by atoms with Crippen molar-refractivity contribution in [2.75, 3.05) is 11.9 Å². The summed E-state index contributed by atoms with van der Waals surface area (Å²) in [6.45, 7) is -2.26. The van der Waals surface area contributed by atoms with Crippen molar-refractivity contribution < 1.29 is 53.2 Å². The van der Waals surface area contributed by atoms with Gasteiger partial charge in [0.15, 0.2) is 0 Å². The standard InChI is InChI=1S/C33H33BrN2O11/c34-18-26(38)16-17-33(29(40)41,30(42)45-20-23-10-4-1-5-11-23)36(32(44)47-22-25-14-8-3-9-15-25)28(39)27(19-37)35-31(43)46-21-24-12-6-2-7-13-24/h1-15,27,37H,16-22H2,(H,35,43)(H,40,41)/t27-,33-/m0/s1. The number of alkyl carbamates (subject to hydrolysis) is 1. The maximum absolute atomic E-state index is 14.0. The lowest BCUT2D eigenvalue weighted by Crippen LogP contribution is -2.68. The molecule has 0 bridgehead atoms. The van der Waals surface area contributed by atoms with Crippen LogP contribution in [0, 0.1) is 0 Å². The minimum Gasteiger partial charge on any atom is -0.479 e. The molecule has 0 heterocycles. The van der Waals surface area contributed by atoms with Crippen molar-refractivity contribution in [1.82, 2.24) is 10.2 Å². The first-order valence-electron chi connectivity index (χ1n) is 14.3. The number of carboxylic acid groups (broad SMARTS) is 1. The Hall–Kier alpha value is -5.08. The van der Waals surface area contributed by atoms with Crippen molar-refractivity contribution >= 4 is 51.7 Å². The second-order valence-corrected chi connectivity index (χ2v) is 10.6. The molecule has 248 valence electrons. The molecular formula is C33H33BrN2O11. The Kier molecular flexibility index (Phi) is 14.1. The van der Waals surface area contributed by atoms with Gasteiger partial charge in [-0.1, -0.05) is 107 Å². The van der Waals surface area contributed by atoms with Gasteiger partial charge in [-0.3, -0.25) is 9.59 Å². The molecule has 0 unspecified atom stereocenters. The highest BCUT2D eigenvalue weighted by molar-refractivity contribution is 9.09. The van der Waals surface area contributed by atoms with Crippen molar-refractivity contribution in [1.29, 1.82) is 0 Å². The zero-order chi connectivity index (χ0) is 34.2. The molecule has 47 heavy (non-hydrogen) atoms. The minimum absolute atomic E-state index is 0.0223. The number of rotatable bonds is 16. The molecule has 14 heteroatoms. The Bertz CT molecular complexity index is 1520. The number of benzene rings is 3. The third-order valence-electron chi connectivity index (χ3n) is 6.79. The number of ether oxygens (including phenoxy) is 3. The Morgan fingerprint density at radius 1 is 0.745 bits per heavy atom. The molecule has 0 aromatic heterocycles. The number of nitrogens with one attached hydrogen (secondary N) is 1. The number of hydrogen-bond donors (Lipinski definition) is 3.